The van der Waals surface area contributed by atoms with Crippen LogP contribution in [0, 0.1) is 0 Å². The van der Waals surface area contributed by atoms with Crippen LogP contribution in [0.4, 0.5) is 0 Å². The summed E-state index contributed by atoms with van der Waals surface area (Å²) in [4.78, 5) is 2.45. The molecule has 0 spiro atoms. The van der Waals surface area contributed by atoms with Gasteiger partial charge in [-0.25, -0.2) is 0 Å². The van der Waals surface area contributed by atoms with Crippen molar-refractivity contribution in [2.75, 3.05) is 32.2 Å². The molecule has 0 saturated carbocycles. The average molecular weight is 219 g/mol. The van der Waals surface area contributed by atoms with E-state index in [9.17, 15) is 0 Å². The number of morpholine rings is 1. The number of thiol groups is 1. The summed E-state index contributed by atoms with van der Waals surface area (Å²) in [6.45, 7) is 8.27. The van der Waals surface area contributed by atoms with Crippen LogP contribution in [0.25, 0.3) is 0 Å². The van der Waals surface area contributed by atoms with Gasteiger partial charge in [0.25, 0.3) is 0 Å². The minimum Gasteiger partial charge on any atom is -0.373 e. The molecule has 14 heavy (non-hydrogen) atoms. The molecule has 0 N–H and O–H groups in total. The standard InChI is InChI=1S/C10H21NO2S/c1-9-6-11(7-10(2)13-9)4-3-5-12-8-14/h9-10,14H,3-8H2,1-2H3. The van der Waals surface area contributed by atoms with E-state index in [2.05, 4.69) is 31.4 Å². The normalized spacial score (nSPS) is 29.4. The van der Waals surface area contributed by atoms with Crippen LogP contribution in [-0.4, -0.2) is 49.3 Å². The van der Waals surface area contributed by atoms with Crippen molar-refractivity contribution < 1.29 is 9.47 Å². The fourth-order valence-electron chi connectivity index (χ4n) is 1.92. The summed E-state index contributed by atoms with van der Waals surface area (Å²) < 4.78 is 10.8. The number of hydrogen-bond acceptors (Lipinski definition) is 4. The maximum Gasteiger partial charge on any atom is 0.0892 e. The highest BCUT2D eigenvalue weighted by Crippen LogP contribution is 2.10. The van der Waals surface area contributed by atoms with Crippen LogP contribution >= 0.6 is 12.6 Å². The van der Waals surface area contributed by atoms with E-state index < -0.39 is 0 Å². The first-order valence-corrected chi connectivity index (χ1v) is 5.92. The molecule has 1 saturated heterocycles. The highest BCUT2D eigenvalue weighted by Gasteiger charge is 2.21. The monoisotopic (exact) mass is 219 g/mol. The zero-order valence-corrected chi connectivity index (χ0v) is 10.0. The summed E-state index contributed by atoms with van der Waals surface area (Å²) in [7, 11) is 0. The zero-order valence-electron chi connectivity index (χ0n) is 9.11. The third-order valence-electron chi connectivity index (χ3n) is 2.35. The van der Waals surface area contributed by atoms with Crippen molar-refractivity contribution in [2.45, 2.75) is 32.5 Å². The Bertz CT molecular complexity index is 147. The maximum atomic E-state index is 5.66. The highest BCUT2D eigenvalue weighted by atomic mass is 32.1. The number of rotatable bonds is 5. The van der Waals surface area contributed by atoms with Gasteiger partial charge in [-0.05, 0) is 20.3 Å². The fourth-order valence-corrected chi connectivity index (χ4v) is 2.05. The lowest BCUT2D eigenvalue weighted by molar-refractivity contribution is -0.0691. The first kappa shape index (κ1) is 12.3. The predicted octanol–water partition coefficient (Wildman–Crippen LogP) is 1.39. The molecular weight excluding hydrogens is 198 g/mol. The van der Waals surface area contributed by atoms with Gasteiger partial charge in [0.15, 0.2) is 0 Å². The third-order valence-corrected chi connectivity index (χ3v) is 2.53. The van der Waals surface area contributed by atoms with E-state index in [1.54, 1.807) is 0 Å². The molecule has 3 nitrogen and oxygen atoms in total. The smallest absolute Gasteiger partial charge is 0.0892 e. The van der Waals surface area contributed by atoms with Gasteiger partial charge in [-0.2, -0.15) is 12.6 Å². The molecule has 0 aromatic heterocycles. The van der Waals surface area contributed by atoms with Gasteiger partial charge in [0, 0.05) is 26.2 Å². The molecular formula is C10H21NO2S. The lowest BCUT2D eigenvalue weighted by Crippen LogP contribution is -2.45. The molecule has 1 aliphatic heterocycles. The highest BCUT2D eigenvalue weighted by molar-refractivity contribution is 7.80. The number of hydrogen-bond donors (Lipinski definition) is 1. The van der Waals surface area contributed by atoms with Crippen molar-refractivity contribution in [1.29, 1.82) is 0 Å². The summed E-state index contributed by atoms with van der Waals surface area (Å²) in [6, 6.07) is 0. The van der Waals surface area contributed by atoms with Crippen molar-refractivity contribution in [3.63, 3.8) is 0 Å². The van der Waals surface area contributed by atoms with Crippen LogP contribution in [0.3, 0.4) is 0 Å². The van der Waals surface area contributed by atoms with Crippen molar-refractivity contribution in [3.8, 4) is 0 Å². The van der Waals surface area contributed by atoms with Crippen LogP contribution in [0.15, 0.2) is 0 Å². The van der Waals surface area contributed by atoms with Gasteiger partial charge in [0.2, 0.25) is 0 Å². The average Bonchev–Trinajstić information content (AvgIpc) is 2.11. The van der Waals surface area contributed by atoms with Gasteiger partial charge in [-0.3, -0.25) is 4.90 Å². The third kappa shape index (κ3) is 4.64. The second kappa shape index (κ2) is 6.67. The van der Waals surface area contributed by atoms with Gasteiger partial charge >= 0.3 is 0 Å². The van der Waals surface area contributed by atoms with Crippen LogP contribution in [0.5, 0.6) is 0 Å². The molecule has 2 atom stereocenters. The predicted molar refractivity (Wildman–Crippen MR) is 60.9 cm³/mol. The molecule has 0 radical (unpaired) electrons. The van der Waals surface area contributed by atoms with E-state index in [0.29, 0.717) is 18.1 Å². The Balaban J connectivity index is 2.10. The first-order valence-electron chi connectivity index (χ1n) is 5.28. The second-order valence-electron chi connectivity index (χ2n) is 3.91. The van der Waals surface area contributed by atoms with Crippen molar-refractivity contribution in [2.24, 2.45) is 0 Å². The summed E-state index contributed by atoms with van der Waals surface area (Å²) in [5, 5.41) is 0. The molecule has 2 unspecified atom stereocenters. The minimum absolute atomic E-state index is 0.365. The lowest BCUT2D eigenvalue weighted by Gasteiger charge is -2.35. The number of ether oxygens (including phenoxy) is 2. The van der Waals surface area contributed by atoms with Gasteiger partial charge in [0.05, 0.1) is 18.1 Å². The van der Waals surface area contributed by atoms with E-state index in [4.69, 9.17) is 9.47 Å². The Labute approximate surface area is 92.2 Å². The summed E-state index contributed by atoms with van der Waals surface area (Å²) >= 11 is 3.99. The molecule has 1 heterocycles. The molecule has 0 bridgehead atoms. The van der Waals surface area contributed by atoms with E-state index in [-0.39, 0.29) is 0 Å². The largest absolute Gasteiger partial charge is 0.373 e. The minimum atomic E-state index is 0.365. The molecule has 0 aromatic rings. The maximum absolute atomic E-state index is 5.66. The van der Waals surface area contributed by atoms with Crippen LogP contribution in [-0.2, 0) is 9.47 Å². The van der Waals surface area contributed by atoms with Gasteiger partial charge in [-0.1, -0.05) is 0 Å². The molecule has 1 fully saturated rings. The Morgan fingerprint density at radius 1 is 1.36 bits per heavy atom. The van der Waals surface area contributed by atoms with Gasteiger partial charge in [-0.15, -0.1) is 0 Å². The SMILES string of the molecule is CC1CN(CCCOCS)CC(C)O1. The van der Waals surface area contributed by atoms with Crippen LogP contribution < -0.4 is 0 Å². The summed E-state index contributed by atoms with van der Waals surface area (Å²) in [5.41, 5.74) is 0. The molecule has 1 aliphatic rings. The topological polar surface area (TPSA) is 21.7 Å². The van der Waals surface area contributed by atoms with E-state index in [1.165, 1.54) is 0 Å². The Hall–Kier alpha value is 0.230. The van der Waals surface area contributed by atoms with E-state index in [1.807, 2.05) is 0 Å². The lowest BCUT2D eigenvalue weighted by atomic mass is 10.2. The molecule has 0 amide bonds. The summed E-state index contributed by atoms with van der Waals surface area (Å²) in [6.07, 6.45) is 1.81. The zero-order chi connectivity index (χ0) is 10.4. The van der Waals surface area contributed by atoms with Gasteiger partial charge < -0.3 is 9.47 Å². The molecule has 1 rings (SSSR count). The fraction of sp³-hybridized carbons (Fsp3) is 1.00. The van der Waals surface area contributed by atoms with E-state index >= 15 is 0 Å². The molecule has 0 aliphatic carbocycles. The molecule has 0 aromatic carbocycles. The van der Waals surface area contributed by atoms with E-state index in [0.717, 1.165) is 32.7 Å². The second-order valence-corrected chi connectivity index (χ2v) is 4.17. The van der Waals surface area contributed by atoms with Crippen LogP contribution in [0.2, 0.25) is 0 Å². The van der Waals surface area contributed by atoms with Gasteiger partial charge in [0.1, 0.15) is 0 Å². The Kier molecular flexibility index (Phi) is 5.86. The molecule has 4 heteroatoms. The van der Waals surface area contributed by atoms with Crippen molar-refractivity contribution >= 4 is 12.6 Å². The number of nitrogens with zero attached hydrogens (tertiary/aromatic N) is 1. The summed E-state index contributed by atoms with van der Waals surface area (Å²) in [5.74, 6) is 0.524. The molecule has 84 valence electrons. The van der Waals surface area contributed by atoms with Crippen molar-refractivity contribution in [1.82, 2.24) is 4.90 Å². The first-order chi connectivity index (χ1) is 6.72. The quantitative estimate of drug-likeness (QED) is 0.429. The van der Waals surface area contributed by atoms with Crippen LogP contribution in [0.1, 0.15) is 20.3 Å². The van der Waals surface area contributed by atoms with Crippen molar-refractivity contribution in [3.05, 3.63) is 0 Å². The Morgan fingerprint density at radius 2 is 2.00 bits per heavy atom. The Morgan fingerprint density at radius 3 is 2.57 bits per heavy atom.